The Balaban J connectivity index is 1.62. The fourth-order valence-corrected chi connectivity index (χ4v) is 3.04. The van der Waals surface area contributed by atoms with E-state index in [4.69, 9.17) is 4.74 Å². The van der Waals surface area contributed by atoms with Crippen molar-refractivity contribution in [1.82, 2.24) is 5.32 Å². The molecule has 130 valence electrons. The van der Waals surface area contributed by atoms with Crippen LogP contribution in [0.2, 0.25) is 0 Å². The third-order valence-electron chi connectivity index (χ3n) is 4.16. The van der Waals surface area contributed by atoms with Crippen LogP contribution in [0, 0.1) is 20.8 Å². The molecule has 0 aromatic heterocycles. The normalized spacial score (nSPS) is 16.7. The fraction of sp³-hybridized carbons (Fsp3) is 0.300. The molecule has 0 aliphatic carbocycles. The summed E-state index contributed by atoms with van der Waals surface area (Å²) in [5.74, 6) is -0.162. The molecule has 1 unspecified atom stereocenters. The number of nitrogens with one attached hydrogen (secondary N) is 1. The van der Waals surface area contributed by atoms with Crippen molar-refractivity contribution in [3.63, 3.8) is 0 Å². The van der Waals surface area contributed by atoms with Crippen LogP contribution in [0.4, 0.5) is 10.5 Å². The molecule has 2 amide bonds. The van der Waals surface area contributed by atoms with Gasteiger partial charge in [-0.05, 0) is 56.2 Å². The maximum absolute atomic E-state index is 12.2. The van der Waals surface area contributed by atoms with Crippen molar-refractivity contribution in [2.45, 2.75) is 26.9 Å². The van der Waals surface area contributed by atoms with Crippen LogP contribution < -0.4 is 10.2 Å². The van der Waals surface area contributed by atoms with Crippen molar-refractivity contribution in [2.75, 3.05) is 18.0 Å². The number of benzene rings is 2. The second-order valence-electron chi connectivity index (χ2n) is 6.54. The van der Waals surface area contributed by atoms with Crippen LogP contribution >= 0.6 is 0 Å². The maximum atomic E-state index is 12.2. The Labute approximate surface area is 147 Å². The van der Waals surface area contributed by atoms with Gasteiger partial charge in [-0.1, -0.05) is 23.8 Å². The van der Waals surface area contributed by atoms with Crippen molar-refractivity contribution in [1.29, 1.82) is 0 Å². The number of carbonyl (C=O) groups excluding carboxylic acids is 2. The summed E-state index contributed by atoms with van der Waals surface area (Å²) in [6.07, 6.45) is -0.734. The molecule has 1 saturated heterocycles. The molecule has 1 aliphatic heterocycles. The van der Waals surface area contributed by atoms with Crippen molar-refractivity contribution in [3.05, 3.63) is 64.7 Å². The number of hydrogen-bond donors (Lipinski definition) is 1. The van der Waals surface area contributed by atoms with E-state index in [1.54, 1.807) is 11.0 Å². The molecule has 1 heterocycles. The zero-order valence-electron chi connectivity index (χ0n) is 14.7. The number of amides is 2. The second kappa shape index (κ2) is 6.97. The molecule has 1 aliphatic rings. The van der Waals surface area contributed by atoms with Gasteiger partial charge in [0.1, 0.15) is 6.10 Å². The topological polar surface area (TPSA) is 58.6 Å². The predicted molar refractivity (Wildman–Crippen MR) is 97.0 cm³/mol. The van der Waals surface area contributed by atoms with E-state index in [-0.39, 0.29) is 18.1 Å². The number of anilines is 1. The highest BCUT2D eigenvalue weighted by Gasteiger charge is 2.32. The smallest absolute Gasteiger partial charge is 0.414 e. The molecule has 5 heteroatoms. The lowest BCUT2D eigenvalue weighted by Crippen LogP contribution is -2.34. The molecule has 2 aromatic carbocycles. The average Bonchev–Trinajstić information content (AvgIpc) is 2.92. The summed E-state index contributed by atoms with van der Waals surface area (Å²) in [6.45, 7) is 6.65. The van der Waals surface area contributed by atoms with Crippen molar-refractivity contribution >= 4 is 17.7 Å². The molecule has 0 radical (unpaired) electrons. The Morgan fingerprint density at radius 1 is 1.12 bits per heavy atom. The first-order valence-electron chi connectivity index (χ1n) is 8.33. The summed E-state index contributed by atoms with van der Waals surface area (Å²) in [5.41, 5.74) is 4.66. The lowest BCUT2D eigenvalue weighted by Gasteiger charge is -2.15. The predicted octanol–water partition coefficient (Wildman–Crippen LogP) is 3.37. The van der Waals surface area contributed by atoms with Gasteiger partial charge in [0.05, 0.1) is 13.1 Å². The van der Waals surface area contributed by atoms with Crippen LogP contribution in [0.1, 0.15) is 27.0 Å². The molecule has 0 spiro atoms. The van der Waals surface area contributed by atoms with E-state index in [0.29, 0.717) is 18.7 Å². The lowest BCUT2D eigenvalue weighted by atomic mass is 10.1. The summed E-state index contributed by atoms with van der Waals surface area (Å²) >= 11 is 0. The van der Waals surface area contributed by atoms with Crippen LogP contribution in [0.3, 0.4) is 0 Å². The highest BCUT2D eigenvalue weighted by molar-refractivity contribution is 5.94. The maximum Gasteiger partial charge on any atom is 0.414 e. The van der Waals surface area contributed by atoms with Gasteiger partial charge in [0.15, 0.2) is 0 Å². The molecule has 0 bridgehead atoms. The molecule has 5 nitrogen and oxygen atoms in total. The molecular formula is C20H22N2O3. The number of rotatable bonds is 4. The number of cyclic esters (lactones) is 1. The van der Waals surface area contributed by atoms with E-state index < -0.39 is 0 Å². The monoisotopic (exact) mass is 338 g/mol. The van der Waals surface area contributed by atoms with Gasteiger partial charge in [0.2, 0.25) is 0 Å². The average molecular weight is 338 g/mol. The van der Waals surface area contributed by atoms with Gasteiger partial charge in [-0.25, -0.2) is 4.79 Å². The van der Waals surface area contributed by atoms with E-state index in [1.165, 1.54) is 0 Å². The van der Waals surface area contributed by atoms with Gasteiger partial charge in [-0.15, -0.1) is 0 Å². The highest BCUT2D eigenvalue weighted by Crippen LogP contribution is 2.24. The third kappa shape index (κ3) is 3.99. The number of nitrogens with zero attached hydrogens (tertiary/aromatic N) is 1. The number of carbonyl (C=O) groups is 2. The Morgan fingerprint density at radius 3 is 2.52 bits per heavy atom. The standard InChI is InChI=1S/C20H22N2O3/c1-13-5-4-6-16(8-13)19(23)21-11-18-12-22(20(24)25-18)17-9-14(2)7-15(3)10-17/h4-10,18H,11-12H2,1-3H3,(H,21,23). The van der Waals surface area contributed by atoms with Crippen molar-refractivity contribution in [2.24, 2.45) is 0 Å². The minimum atomic E-state index is -0.375. The molecule has 2 aromatic rings. The van der Waals surface area contributed by atoms with E-state index in [1.807, 2.05) is 51.1 Å². The molecule has 0 saturated carbocycles. The Hall–Kier alpha value is -2.82. The molecule has 25 heavy (non-hydrogen) atoms. The molecule has 1 atom stereocenters. The number of hydrogen-bond acceptors (Lipinski definition) is 3. The molecular weight excluding hydrogens is 316 g/mol. The summed E-state index contributed by atoms with van der Waals surface area (Å²) in [4.78, 5) is 26.0. The largest absolute Gasteiger partial charge is 0.442 e. The number of ether oxygens (including phenoxy) is 1. The summed E-state index contributed by atoms with van der Waals surface area (Å²) in [7, 11) is 0. The van der Waals surface area contributed by atoms with Crippen molar-refractivity contribution in [3.8, 4) is 0 Å². The SMILES string of the molecule is Cc1cccc(C(=O)NCC2CN(c3cc(C)cc(C)c3)C(=O)O2)c1. The quantitative estimate of drug-likeness (QED) is 0.930. The van der Waals surface area contributed by atoms with Gasteiger partial charge in [-0.2, -0.15) is 0 Å². The van der Waals surface area contributed by atoms with Gasteiger partial charge in [-0.3, -0.25) is 9.69 Å². The minimum Gasteiger partial charge on any atom is -0.442 e. The highest BCUT2D eigenvalue weighted by atomic mass is 16.6. The van der Waals surface area contributed by atoms with Gasteiger partial charge >= 0.3 is 6.09 Å². The summed E-state index contributed by atoms with van der Waals surface area (Å²) < 4.78 is 5.39. The minimum absolute atomic E-state index is 0.162. The Bertz CT molecular complexity index is 796. The van der Waals surface area contributed by atoms with Gasteiger partial charge in [0.25, 0.3) is 5.91 Å². The molecule has 1 N–H and O–H groups in total. The zero-order valence-corrected chi connectivity index (χ0v) is 14.7. The lowest BCUT2D eigenvalue weighted by molar-refractivity contribution is 0.0916. The van der Waals surface area contributed by atoms with Crippen LogP contribution in [-0.2, 0) is 4.74 Å². The fourth-order valence-electron chi connectivity index (χ4n) is 3.04. The Morgan fingerprint density at radius 2 is 1.84 bits per heavy atom. The second-order valence-corrected chi connectivity index (χ2v) is 6.54. The Kier molecular flexibility index (Phi) is 4.74. The van der Waals surface area contributed by atoms with Gasteiger partial charge in [0, 0.05) is 11.3 Å². The van der Waals surface area contributed by atoms with Crippen molar-refractivity contribution < 1.29 is 14.3 Å². The molecule has 1 fully saturated rings. The first-order valence-corrected chi connectivity index (χ1v) is 8.33. The van der Waals surface area contributed by atoms with Crippen LogP contribution in [0.15, 0.2) is 42.5 Å². The van der Waals surface area contributed by atoms with Crippen LogP contribution in [0.5, 0.6) is 0 Å². The van der Waals surface area contributed by atoms with E-state index in [0.717, 1.165) is 22.4 Å². The van der Waals surface area contributed by atoms with Crippen LogP contribution in [0.25, 0.3) is 0 Å². The first-order chi connectivity index (χ1) is 11.9. The van der Waals surface area contributed by atoms with Gasteiger partial charge < -0.3 is 10.1 Å². The van der Waals surface area contributed by atoms with Crippen LogP contribution in [-0.4, -0.2) is 31.2 Å². The summed E-state index contributed by atoms with van der Waals surface area (Å²) in [6, 6.07) is 13.4. The first kappa shape index (κ1) is 17.0. The van der Waals surface area contributed by atoms with E-state index in [2.05, 4.69) is 11.4 Å². The third-order valence-corrected chi connectivity index (χ3v) is 4.16. The zero-order chi connectivity index (χ0) is 18.0. The number of aryl methyl sites for hydroxylation is 3. The molecule has 3 rings (SSSR count). The summed E-state index contributed by atoms with van der Waals surface area (Å²) in [5, 5.41) is 2.84. The van der Waals surface area contributed by atoms with E-state index in [9.17, 15) is 9.59 Å². The van der Waals surface area contributed by atoms with E-state index >= 15 is 0 Å².